The van der Waals surface area contributed by atoms with E-state index in [1.54, 1.807) is 24.3 Å². The van der Waals surface area contributed by atoms with Gasteiger partial charge in [-0.15, -0.1) is 0 Å². The molecule has 0 saturated carbocycles. The average molecular weight is 590 g/mol. The van der Waals surface area contributed by atoms with Crippen molar-refractivity contribution < 1.29 is 21.6 Å². The minimum absolute atomic E-state index is 0.0333. The van der Waals surface area contributed by atoms with Gasteiger partial charge in [0, 0.05) is 31.2 Å². The Labute approximate surface area is 235 Å². The minimum atomic E-state index is -3.97. The maximum Gasteiger partial charge on any atom is 0.243 e. The zero-order valence-electron chi connectivity index (χ0n) is 21.7. The van der Waals surface area contributed by atoms with Crippen molar-refractivity contribution in [1.82, 2.24) is 13.9 Å². The first-order chi connectivity index (χ1) is 18.6. The quantitative estimate of drug-likeness (QED) is 0.364. The average Bonchev–Trinajstić information content (AvgIpc) is 3.46. The highest BCUT2D eigenvalue weighted by atomic mass is 35.5. The summed E-state index contributed by atoms with van der Waals surface area (Å²) >= 11 is 5.93. The van der Waals surface area contributed by atoms with Crippen molar-refractivity contribution in [1.29, 1.82) is 0 Å². The van der Waals surface area contributed by atoms with E-state index in [2.05, 4.69) is 5.32 Å². The van der Waals surface area contributed by atoms with Crippen LogP contribution < -0.4 is 5.32 Å². The summed E-state index contributed by atoms with van der Waals surface area (Å²) < 4.78 is 54.9. The first kappa shape index (κ1) is 29.2. The monoisotopic (exact) mass is 589 g/mol. The summed E-state index contributed by atoms with van der Waals surface area (Å²) in [7, 11) is -7.45. The van der Waals surface area contributed by atoms with Crippen LogP contribution in [0.25, 0.3) is 0 Å². The number of sulfonamides is 2. The Balaban J connectivity index is 1.39. The van der Waals surface area contributed by atoms with Gasteiger partial charge in [-0.25, -0.2) is 16.8 Å². The highest BCUT2D eigenvalue weighted by Gasteiger charge is 2.28. The summed E-state index contributed by atoms with van der Waals surface area (Å²) in [6.45, 7) is 2.99. The second-order valence-electron chi connectivity index (χ2n) is 9.57. The van der Waals surface area contributed by atoms with Gasteiger partial charge in [0.05, 0.1) is 16.3 Å². The molecule has 0 spiro atoms. The second kappa shape index (κ2) is 12.6. The van der Waals surface area contributed by atoms with Crippen LogP contribution in [0.3, 0.4) is 0 Å². The van der Waals surface area contributed by atoms with Gasteiger partial charge in [0.1, 0.15) is 0 Å². The Morgan fingerprint density at radius 3 is 2.03 bits per heavy atom. The van der Waals surface area contributed by atoms with Crippen LogP contribution in [-0.4, -0.2) is 57.5 Å². The Bertz CT molecular complexity index is 1490. The maximum absolute atomic E-state index is 13.4. The van der Waals surface area contributed by atoms with E-state index in [0.717, 1.165) is 33.8 Å². The predicted octanol–water partition coefficient (Wildman–Crippen LogP) is 3.98. The molecule has 1 aliphatic rings. The second-order valence-corrected chi connectivity index (χ2v) is 13.9. The Morgan fingerprint density at radius 1 is 0.846 bits per heavy atom. The summed E-state index contributed by atoms with van der Waals surface area (Å²) in [5.41, 5.74) is 2.67. The lowest BCUT2D eigenvalue weighted by atomic mass is 10.1. The van der Waals surface area contributed by atoms with E-state index in [0.29, 0.717) is 24.5 Å². The molecule has 3 aromatic carbocycles. The number of hydrogen-bond acceptors (Lipinski definition) is 5. The van der Waals surface area contributed by atoms with Crippen molar-refractivity contribution >= 4 is 37.6 Å². The fraction of sp³-hybridized carbons (Fsp3) is 0.321. The van der Waals surface area contributed by atoms with E-state index >= 15 is 0 Å². The van der Waals surface area contributed by atoms with Crippen LogP contribution in [0.5, 0.6) is 0 Å². The summed E-state index contributed by atoms with van der Waals surface area (Å²) in [6, 6.07) is 20.0. The molecule has 8 nitrogen and oxygen atoms in total. The molecular formula is C28H32ClN3O5S2. The zero-order valence-corrected chi connectivity index (χ0v) is 24.1. The minimum Gasteiger partial charge on any atom is -0.355 e. The molecule has 1 saturated heterocycles. The van der Waals surface area contributed by atoms with Gasteiger partial charge in [0.25, 0.3) is 0 Å². The van der Waals surface area contributed by atoms with Crippen molar-refractivity contribution in [2.45, 2.75) is 42.5 Å². The number of halogens is 1. The third kappa shape index (κ3) is 7.46. The lowest BCUT2D eigenvalue weighted by Gasteiger charge is -2.22. The molecule has 1 fully saturated rings. The number of nitrogens with one attached hydrogen (secondary N) is 1. The van der Waals surface area contributed by atoms with E-state index in [1.165, 1.54) is 28.6 Å². The Hall–Kier alpha value is -2.76. The largest absolute Gasteiger partial charge is 0.355 e. The van der Waals surface area contributed by atoms with Crippen LogP contribution in [0, 0.1) is 6.92 Å². The molecule has 0 atom stereocenters. The number of rotatable bonds is 11. The van der Waals surface area contributed by atoms with E-state index in [4.69, 9.17) is 11.6 Å². The number of benzene rings is 3. The zero-order chi connectivity index (χ0) is 28.0. The van der Waals surface area contributed by atoms with Gasteiger partial charge in [-0.3, -0.25) is 4.79 Å². The topological polar surface area (TPSA) is 104 Å². The molecule has 4 rings (SSSR count). The summed E-state index contributed by atoms with van der Waals surface area (Å²) in [6.07, 6.45) is 2.22. The van der Waals surface area contributed by atoms with E-state index < -0.39 is 26.0 Å². The van der Waals surface area contributed by atoms with Gasteiger partial charge in [-0.1, -0.05) is 53.6 Å². The van der Waals surface area contributed by atoms with Crippen molar-refractivity contribution in [2.75, 3.05) is 26.2 Å². The lowest BCUT2D eigenvalue weighted by Crippen LogP contribution is -2.40. The first-order valence-electron chi connectivity index (χ1n) is 12.7. The van der Waals surface area contributed by atoms with Crippen LogP contribution >= 0.6 is 11.6 Å². The molecular weight excluding hydrogens is 558 g/mol. The van der Waals surface area contributed by atoms with Crippen molar-refractivity contribution in [3.05, 3.63) is 94.5 Å². The molecule has 0 aromatic heterocycles. The maximum atomic E-state index is 13.4. The van der Waals surface area contributed by atoms with Crippen LogP contribution in [0.15, 0.2) is 82.6 Å². The molecule has 208 valence electrons. The highest BCUT2D eigenvalue weighted by molar-refractivity contribution is 7.89. The molecule has 11 heteroatoms. The first-order valence-corrected chi connectivity index (χ1v) is 16.0. The molecule has 1 heterocycles. The molecule has 0 radical (unpaired) electrons. The molecule has 1 aliphatic heterocycles. The van der Waals surface area contributed by atoms with Gasteiger partial charge in [-0.2, -0.15) is 8.61 Å². The van der Waals surface area contributed by atoms with Crippen LogP contribution in [0.2, 0.25) is 5.02 Å². The number of carbonyl (C=O) groups excluding carboxylic acids is 1. The highest BCUT2D eigenvalue weighted by Crippen LogP contribution is 2.22. The lowest BCUT2D eigenvalue weighted by molar-refractivity contribution is -0.121. The van der Waals surface area contributed by atoms with Gasteiger partial charge >= 0.3 is 0 Å². The third-order valence-electron chi connectivity index (χ3n) is 6.61. The molecule has 1 N–H and O–H groups in total. The fourth-order valence-corrected chi connectivity index (χ4v) is 7.37. The predicted molar refractivity (Wildman–Crippen MR) is 151 cm³/mol. The molecule has 0 aliphatic carbocycles. The van der Waals surface area contributed by atoms with Gasteiger partial charge in [0.15, 0.2) is 0 Å². The summed E-state index contributed by atoms with van der Waals surface area (Å²) in [4.78, 5) is 13.1. The normalized spacial score (nSPS) is 14.5. The van der Waals surface area contributed by atoms with Crippen molar-refractivity contribution in [3.63, 3.8) is 0 Å². The van der Waals surface area contributed by atoms with Crippen LogP contribution in [0.4, 0.5) is 0 Å². The summed E-state index contributed by atoms with van der Waals surface area (Å²) in [5.74, 6) is -0.437. The van der Waals surface area contributed by atoms with Gasteiger partial charge in [-0.05, 0) is 73.7 Å². The third-order valence-corrected chi connectivity index (χ3v) is 10.6. The molecule has 0 bridgehead atoms. The molecule has 39 heavy (non-hydrogen) atoms. The number of amides is 1. The van der Waals surface area contributed by atoms with E-state index in [9.17, 15) is 21.6 Å². The van der Waals surface area contributed by atoms with E-state index in [1.807, 2.05) is 31.2 Å². The molecule has 3 aromatic rings. The number of nitrogens with zero attached hydrogens (tertiary/aromatic N) is 2. The molecule has 0 unspecified atom stereocenters. The van der Waals surface area contributed by atoms with E-state index in [-0.39, 0.29) is 29.4 Å². The SMILES string of the molecule is Cc1ccc(CN(CC(=O)NCCc2ccc(S(=O)(=O)N3CCCC3)cc2)S(=O)(=O)c2ccc(Cl)cc2)cc1. The van der Waals surface area contributed by atoms with Crippen molar-refractivity contribution in [3.8, 4) is 0 Å². The van der Waals surface area contributed by atoms with Gasteiger partial charge in [0.2, 0.25) is 26.0 Å². The number of hydrogen-bond donors (Lipinski definition) is 1. The molecule has 1 amide bonds. The van der Waals surface area contributed by atoms with Crippen molar-refractivity contribution in [2.24, 2.45) is 0 Å². The fourth-order valence-electron chi connectivity index (χ4n) is 4.35. The standard InChI is InChI=1S/C28H32ClN3O5S2/c1-22-4-6-24(7-5-22)20-32(39(36,37)27-14-10-25(29)11-15-27)21-28(33)30-17-16-23-8-12-26(13-9-23)38(34,35)31-18-2-3-19-31/h4-15H,2-3,16-21H2,1H3,(H,30,33). The smallest absolute Gasteiger partial charge is 0.243 e. The Kier molecular flexibility index (Phi) is 9.45. The Morgan fingerprint density at radius 2 is 1.41 bits per heavy atom. The van der Waals surface area contributed by atoms with Crippen LogP contribution in [0.1, 0.15) is 29.5 Å². The summed E-state index contributed by atoms with van der Waals surface area (Å²) in [5, 5.41) is 3.20. The van der Waals surface area contributed by atoms with Crippen LogP contribution in [-0.2, 0) is 37.8 Å². The van der Waals surface area contributed by atoms with Gasteiger partial charge < -0.3 is 5.32 Å². The number of aryl methyl sites for hydroxylation is 1. The number of carbonyl (C=O) groups is 1.